The third kappa shape index (κ3) is 4.79. The van der Waals surface area contributed by atoms with Crippen molar-refractivity contribution >= 4 is 27.7 Å². The quantitative estimate of drug-likeness (QED) is 0.218. The first-order valence-electron chi connectivity index (χ1n) is 13.8. The maximum Gasteiger partial charge on any atom is 0.258 e. The van der Waals surface area contributed by atoms with Gasteiger partial charge in [0.05, 0.1) is 24.1 Å². The number of H-pyrrole nitrogens is 1. The minimum atomic E-state index is -0.619. The van der Waals surface area contributed by atoms with Crippen molar-refractivity contribution in [3.63, 3.8) is 0 Å². The van der Waals surface area contributed by atoms with Crippen LogP contribution in [0.4, 0.5) is 0 Å². The van der Waals surface area contributed by atoms with E-state index in [9.17, 15) is 14.7 Å². The Kier molecular flexibility index (Phi) is 7.23. The van der Waals surface area contributed by atoms with Gasteiger partial charge in [0.2, 0.25) is 0 Å². The summed E-state index contributed by atoms with van der Waals surface area (Å²) in [5.74, 6) is -0.124. The van der Waals surface area contributed by atoms with Crippen LogP contribution in [-0.4, -0.2) is 34.2 Å². The minimum Gasteiger partial charge on any atom is -0.507 e. The van der Waals surface area contributed by atoms with E-state index >= 15 is 0 Å². The molecule has 0 radical (unpaired) electrons. The third-order valence-electron chi connectivity index (χ3n) is 7.88. The summed E-state index contributed by atoms with van der Waals surface area (Å²) in [6, 6.07) is 32.0. The molecule has 1 amide bonds. The fourth-order valence-corrected chi connectivity index (χ4v) is 5.77. The predicted molar refractivity (Wildman–Crippen MR) is 166 cm³/mol. The zero-order valence-corrected chi connectivity index (χ0v) is 23.4. The third-order valence-corrected chi connectivity index (χ3v) is 7.88. The van der Waals surface area contributed by atoms with E-state index in [0.717, 1.165) is 27.7 Å². The van der Waals surface area contributed by atoms with E-state index in [2.05, 4.69) is 10.3 Å². The molecule has 3 N–H and O–H groups in total. The highest BCUT2D eigenvalue weighted by atomic mass is 16.5. The van der Waals surface area contributed by atoms with Gasteiger partial charge in [-0.15, -0.1) is 0 Å². The molecular formula is C35H31N3O4. The number of hydrogen-bond donors (Lipinski definition) is 3. The number of aromatic nitrogens is 2. The van der Waals surface area contributed by atoms with Gasteiger partial charge in [0, 0.05) is 41.1 Å². The zero-order chi connectivity index (χ0) is 29.2. The van der Waals surface area contributed by atoms with Gasteiger partial charge in [-0.05, 0) is 60.0 Å². The Morgan fingerprint density at radius 2 is 1.57 bits per heavy atom. The molecule has 0 aliphatic rings. The molecule has 0 saturated heterocycles. The van der Waals surface area contributed by atoms with Gasteiger partial charge in [0.25, 0.3) is 11.5 Å². The molecule has 7 heteroatoms. The number of para-hydroxylation sites is 2. The van der Waals surface area contributed by atoms with Crippen LogP contribution in [0.5, 0.6) is 11.5 Å². The van der Waals surface area contributed by atoms with E-state index < -0.39 is 5.92 Å². The Balaban J connectivity index is 1.52. The molecule has 7 nitrogen and oxygen atoms in total. The molecule has 0 spiro atoms. The summed E-state index contributed by atoms with van der Waals surface area (Å²) in [6.07, 6.45) is 0.513. The number of benzene rings is 4. The molecule has 0 aliphatic heterocycles. The molecule has 1 atom stereocenters. The SMILES string of the molecule is COc1ccc(C(c2[nH]c3ccccc3c2CCNC(=O)c2ccccc2)c2c(O)c3ccccc3n(C)c2=O)cc1. The molecule has 2 aromatic heterocycles. The number of aryl methyl sites for hydroxylation is 1. The fourth-order valence-electron chi connectivity index (χ4n) is 5.77. The minimum absolute atomic E-state index is 0.0449. The van der Waals surface area contributed by atoms with E-state index in [0.29, 0.717) is 35.2 Å². The van der Waals surface area contributed by atoms with E-state index in [4.69, 9.17) is 4.74 Å². The van der Waals surface area contributed by atoms with Crippen LogP contribution in [0.25, 0.3) is 21.8 Å². The number of amides is 1. The van der Waals surface area contributed by atoms with Crippen LogP contribution in [0, 0.1) is 0 Å². The van der Waals surface area contributed by atoms with Crippen LogP contribution >= 0.6 is 0 Å². The first kappa shape index (κ1) is 26.9. The number of nitrogens with one attached hydrogen (secondary N) is 2. The van der Waals surface area contributed by atoms with Crippen molar-refractivity contribution in [2.75, 3.05) is 13.7 Å². The maximum absolute atomic E-state index is 14.0. The molecule has 0 aliphatic carbocycles. The number of ether oxygens (including phenoxy) is 1. The number of aromatic amines is 1. The molecule has 2 heterocycles. The monoisotopic (exact) mass is 557 g/mol. The standard InChI is InChI=1S/C35H31N3O4/c1-38-29-15-9-7-13-27(29)33(39)31(35(38)41)30(22-16-18-24(42-2)19-17-22)32-26(25-12-6-8-14-28(25)37-32)20-21-36-34(40)23-10-4-3-5-11-23/h3-19,30,37,39H,20-21H2,1-2H3,(H,36,40). The van der Waals surface area contributed by atoms with Gasteiger partial charge in [-0.25, -0.2) is 0 Å². The highest BCUT2D eigenvalue weighted by molar-refractivity contribution is 5.94. The number of rotatable bonds is 8. The van der Waals surface area contributed by atoms with Crippen molar-refractivity contribution in [2.45, 2.75) is 12.3 Å². The summed E-state index contributed by atoms with van der Waals surface area (Å²) in [5.41, 5.74) is 4.73. The van der Waals surface area contributed by atoms with E-state index in [1.165, 1.54) is 0 Å². The number of aromatic hydroxyl groups is 1. The number of carbonyl (C=O) groups excluding carboxylic acids is 1. The van der Waals surface area contributed by atoms with E-state index in [1.807, 2.05) is 91.0 Å². The first-order valence-corrected chi connectivity index (χ1v) is 13.8. The number of methoxy groups -OCH3 is 1. The summed E-state index contributed by atoms with van der Waals surface area (Å²) in [7, 11) is 3.33. The molecule has 6 rings (SSSR count). The molecule has 0 fully saturated rings. The number of fused-ring (bicyclic) bond motifs is 2. The Bertz CT molecular complexity index is 1960. The molecule has 6 aromatic rings. The number of hydrogen-bond acceptors (Lipinski definition) is 4. The topological polar surface area (TPSA) is 96.3 Å². The van der Waals surface area contributed by atoms with Crippen LogP contribution in [0.15, 0.2) is 108 Å². The second-order valence-electron chi connectivity index (χ2n) is 10.3. The first-order chi connectivity index (χ1) is 20.5. The normalized spacial score (nSPS) is 12.0. The molecule has 1 unspecified atom stereocenters. The van der Waals surface area contributed by atoms with Crippen molar-refractivity contribution in [1.29, 1.82) is 0 Å². The van der Waals surface area contributed by atoms with Crippen molar-refractivity contribution in [1.82, 2.24) is 14.9 Å². The number of carbonyl (C=O) groups is 1. The molecular weight excluding hydrogens is 526 g/mol. The average molecular weight is 558 g/mol. The lowest BCUT2D eigenvalue weighted by atomic mass is 9.85. The second kappa shape index (κ2) is 11.3. The maximum atomic E-state index is 14.0. The van der Waals surface area contributed by atoms with Gasteiger partial charge in [-0.2, -0.15) is 0 Å². The van der Waals surface area contributed by atoms with E-state index in [-0.39, 0.29) is 22.8 Å². The number of pyridine rings is 1. The predicted octanol–water partition coefficient (Wildman–Crippen LogP) is 5.89. The zero-order valence-electron chi connectivity index (χ0n) is 23.4. The molecule has 0 bridgehead atoms. The van der Waals surface area contributed by atoms with Crippen molar-refractivity contribution in [3.05, 3.63) is 141 Å². The van der Waals surface area contributed by atoms with Gasteiger partial charge < -0.3 is 24.7 Å². The highest BCUT2D eigenvalue weighted by Crippen LogP contribution is 2.41. The Morgan fingerprint density at radius 3 is 2.31 bits per heavy atom. The summed E-state index contributed by atoms with van der Waals surface area (Å²) < 4.78 is 6.99. The van der Waals surface area contributed by atoms with Crippen molar-refractivity contribution < 1.29 is 14.6 Å². The summed E-state index contributed by atoms with van der Waals surface area (Å²) in [6.45, 7) is 0.389. The molecule has 0 saturated carbocycles. The van der Waals surface area contributed by atoms with E-state index in [1.54, 1.807) is 30.9 Å². The Hall–Kier alpha value is -5.30. The van der Waals surface area contributed by atoms with Gasteiger partial charge >= 0.3 is 0 Å². The largest absolute Gasteiger partial charge is 0.507 e. The van der Waals surface area contributed by atoms with Crippen LogP contribution in [0.3, 0.4) is 0 Å². The lowest BCUT2D eigenvalue weighted by Crippen LogP contribution is -2.27. The fraction of sp³-hybridized carbons (Fsp3) is 0.143. The van der Waals surface area contributed by atoms with Crippen LogP contribution in [0.2, 0.25) is 0 Å². The molecule has 210 valence electrons. The van der Waals surface area contributed by atoms with Gasteiger partial charge in [-0.1, -0.05) is 60.7 Å². The number of nitrogens with zero attached hydrogens (tertiary/aromatic N) is 1. The lowest BCUT2D eigenvalue weighted by molar-refractivity contribution is 0.0954. The van der Waals surface area contributed by atoms with Crippen LogP contribution < -0.4 is 15.6 Å². The smallest absolute Gasteiger partial charge is 0.258 e. The summed E-state index contributed by atoms with van der Waals surface area (Å²) in [4.78, 5) is 30.4. The molecule has 42 heavy (non-hydrogen) atoms. The van der Waals surface area contributed by atoms with Crippen LogP contribution in [0.1, 0.15) is 38.7 Å². The van der Waals surface area contributed by atoms with Crippen molar-refractivity contribution in [2.24, 2.45) is 7.05 Å². The lowest BCUT2D eigenvalue weighted by Gasteiger charge is -2.22. The van der Waals surface area contributed by atoms with Gasteiger partial charge in [0.1, 0.15) is 11.5 Å². The summed E-state index contributed by atoms with van der Waals surface area (Å²) >= 11 is 0. The molecule has 4 aromatic carbocycles. The van der Waals surface area contributed by atoms with Crippen molar-refractivity contribution in [3.8, 4) is 11.5 Å². The summed E-state index contributed by atoms with van der Waals surface area (Å²) in [5, 5.41) is 16.3. The Labute approximate surface area is 243 Å². The van der Waals surface area contributed by atoms with Gasteiger partial charge in [0.15, 0.2) is 0 Å². The van der Waals surface area contributed by atoms with Gasteiger partial charge in [-0.3, -0.25) is 9.59 Å². The Morgan fingerprint density at radius 1 is 0.905 bits per heavy atom. The highest BCUT2D eigenvalue weighted by Gasteiger charge is 2.30. The van der Waals surface area contributed by atoms with Crippen LogP contribution in [-0.2, 0) is 13.5 Å². The second-order valence-corrected chi connectivity index (χ2v) is 10.3. The average Bonchev–Trinajstić information content (AvgIpc) is 3.40.